The van der Waals surface area contributed by atoms with Gasteiger partial charge in [0.2, 0.25) is 0 Å². The van der Waals surface area contributed by atoms with Crippen molar-refractivity contribution in [1.29, 1.82) is 0 Å². The van der Waals surface area contributed by atoms with Gasteiger partial charge in [0, 0.05) is 0 Å². The van der Waals surface area contributed by atoms with Crippen molar-refractivity contribution >= 4 is 0 Å². The van der Waals surface area contributed by atoms with E-state index < -0.39 is 0 Å². The lowest BCUT2D eigenvalue weighted by Crippen LogP contribution is -2.20. The summed E-state index contributed by atoms with van der Waals surface area (Å²) in [7, 11) is 0. The lowest BCUT2D eigenvalue weighted by Gasteiger charge is -2.34. The van der Waals surface area contributed by atoms with Crippen LogP contribution in [-0.2, 0) is 0 Å². The topological polar surface area (TPSA) is 20.2 Å². The van der Waals surface area contributed by atoms with Gasteiger partial charge in [-0.2, -0.15) is 0 Å². The highest BCUT2D eigenvalue weighted by atomic mass is 16.3. The Morgan fingerprint density at radius 3 is 2.67 bits per heavy atom. The molecule has 0 amide bonds. The predicted octanol–water partition coefficient (Wildman–Crippen LogP) is 3.84. The molecule has 0 bridgehead atoms. The first kappa shape index (κ1) is 12.5. The van der Waals surface area contributed by atoms with E-state index in [-0.39, 0.29) is 6.10 Å². The molecule has 0 saturated carbocycles. The highest BCUT2D eigenvalue weighted by Crippen LogP contribution is 2.41. The van der Waals surface area contributed by atoms with Gasteiger partial charge in [0.1, 0.15) is 0 Å². The van der Waals surface area contributed by atoms with Gasteiger partial charge >= 0.3 is 0 Å². The first-order valence-electron chi connectivity index (χ1n) is 5.97. The average Bonchev–Trinajstić information content (AvgIpc) is 2.09. The van der Waals surface area contributed by atoms with Gasteiger partial charge in [-0.05, 0) is 44.9 Å². The van der Waals surface area contributed by atoms with Crippen LogP contribution in [0.5, 0.6) is 0 Å². The Kier molecular flexibility index (Phi) is 4.15. The van der Waals surface area contributed by atoms with Gasteiger partial charge in [0.15, 0.2) is 0 Å². The van der Waals surface area contributed by atoms with E-state index in [4.69, 9.17) is 0 Å². The third-order valence-corrected chi connectivity index (χ3v) is 3.42. The Morgan fingerprint density at radius 2 is 2.13 bits per heavy atom. The highest BCUT2D eigenvalue weighted by Gasteiger charge is 2.27. The van der Waals surface area contributed by atoms with Crippen LogP contribution in [0.2, 0.25) is 0 Å². The standard InChI is InChI=1S/C14H24O/c1-11-7-6-10-14(3,4)13(11)9-5-8-12(2)15/h5,8,12,15H,6-7,9-10H2,1-4H3/b8-5+. The number of aliphatic hydroxyl groups is 1. The van der Waals surface area contributed by atoms with Gasteiger partial charge in [-0.1, -0.05) is 37.1 Å². The summed E-state index contributed by atoms with van der Waals surface area (Å²) in [5, 5.41) is 9.17. The van der Waals surface area contributed by atoms with Crippen LogP contribution < -0.4 is 0 Å². The number of rotatable bonds is 3. The van der Waals surface area contributed by atoms with Crippen LogP contribution in [0.25, 0.3) is 0 Å². The number of hydrogen-bond donors (Lipinski definition) is 1. The largest absolute Gasteiger partial charge is 0.389 e. The van der Waals surface area contributed by atoms with E-state index in [2.05, 4.69) is 26.8 Å². The molecule has 0 heterocycles. The molecule has 1 aliphatic carbocycles. The normalized spacial score (nSPS) is 23.5. The molecule has 15 heavy (non-hydrogen) atoms. The zero-order valence-corrected chi connectivity index (χ0v) is 10.5. The summed E-state index contributed by atoms with van der Waals surface area (Å²) >= 11 is 0. The molecule has 1 heteroatoms. The molecule has 0 aliphatic heterocycles. The molecule has 0 aromatic heterocycles. The van der Waals surface area contributed by atoms with E-state index in [0.29, 0.717) is 5.41 Å². The van der Waals surface area contributed by atoms with Gasteiger partial charge in [-0.25, -0.2) is 0 Å². The molecule has 1 rings (SSSR count). The molecule has 0 fully saturated rings. The molecule has 0 radical (unpaired) electrons. The SMILES string of the molecule is CC1=C(C/C=C/C(C)O)C(C)(C)CCC1. The molecule has 1 atom stereocenters. The second-order valence-electron chi connectivity index (χ2n) is 5.37. The van der Waals surface area contributed by atoms with Crippen LogP contribution in [0.4, 0.5) is 0 Å². The van der Waals surface area contributed by atoms with Crippen LogP contribution in [0.3, 0.4) is 0 Å². The molecule has 1 nitrogen and oxygen atoms in total. The molecule has 0 spiro atoms. The van der Waals surface area contributed by atoms with Gasteiger partial charge in [0.05, 0.1) is 6.10 Å². The van der Waals surface area contributed by atoms with Crippen molar-refractivity contribution in [3.8, 4) is 0 Å². The minimum atomic E-state index is -0.322. The maximum Gasteiger partial charge on any atom is 0.0692 e. The molecule has 1 aliphatic rings. The fourth-order valence-corrected chi connectivity index (χ4v) is 2.51. The van der Waals surface area contributed by atoms with Gasteiger partial charge in [-0.15, -0.1) is 0 Å². The molecule has 86 valence electrons. The highest BCUT2D eigenvalue weighted by molar-refractivity contribution is 5.24. The zero-order chi connectivity index (χ0) is 11.5. The zero-order valence-electron chi connectivity index (χ0n) is 10.5. The Labute approximate surface area is 93.9 Å². The smallest absolute Gasteiger partial charge is 0.0692 e. The molecular formula is C14H24O. The predicted molar refractivity (Wildman–Crippen MR) is 65.8 cm³/mol. The lowest BCUT2D eigenvalue weighted by molar-refractivity contribution is 0.243. The van der Waals surface area contributed by atoms with E-state index in [1.54, 1.807) is 18.1 Å². The maximum absolute atomic E-state index is 9.17. The van der Waals surface area contributed by atoms with E-state index >= 15 is 0 Å². The van der Waals surface area contributed by atoms with Crippen molar-refractivity contribution in [2.75, 3.05) is 0 Å². The summed E-state index contributed by atoms with van der Waals surface area (Å²) in [5.41, 5.74) is 3.48. The van der Waals surface area contributed by atoms with Crippen LogP contribution >= 0.6 is 0 Å². The second kappa shape index (κ2) is 4.98. The molecule has 1 unspecified atom stereocenters. The van der Waals surface area contributed by atoms with Gasteiger partial charge in [0.25, 0.3) is 0 Å². The van der Waals surface area contributed by atoms with Crippen molar-refractivity contribution in [2.24, 2.45) is 5.41 Å². The van der Waals surface area contributed by atoms with Crippen molar-refractivity contribution < 1.29 is 5.11 Å². The molecule has 1 N–H and O–H groups in total. The summed E-state index contributed by atoms with van der Waals surface area (Å²) in [5.74, 6) is 0. The molecule has 0 saturated heterocycles. The number of aliphatic hydroxyl groups excluding tert-OH is 1. The van der Waals surface area contributed by atoms with Gasteiger partial charge < -0.3 is 5.11 Å². The average molecular weight is 208 g/mol. The summed E-state index contributed by atoms with van der Waals surface area (Å²) < 4.78 is 0. The Morgan fingerprint density at radius 1 is 1.47 bits per heavy atom. The quantitative estimate of drug-likeness (QED) is 0.699. The van der Waals surface area contributed by atoms with E-state index in [1.165, 1.54) is 19.3 Å². The molecular weight excluding hydrogens is 184 g/mol. The fraction of sp³-hybridized carbons (Fsp3) is 0.714. The summed E-state index contributed by atoms with van der Waals surface area (Å²) in [6.07, 6.45) is 8.54. The third kappa shape index (κ3) is 3.49. The first-order valence-corrected chi connectivity index (χ1v) is 5.97. The number of hydrogen-bond acceptors (Lipinski definition) is 1. The molecule has 0 aromatic carbocycles. The van der Waals surface area contributed by atoms with E-state index in [9.17, 15) is 5.11 Å². The molecule has 0 aromatic rings. The lowest BCUT2D eigenvalue weighted by atomic mass is 9.71. The van der Waals surface area contributed by atoms with Crippen LogP contribution in [0, 0.1) is 5.41 Å². The van der Waals surface area contributed by atoms with Crippen molar-refractivity contribution in [3.05, 3.63) is 23.3 Å². The van der Waals surface area contributed by atoms with Crippen LogP contribution in [-0.4, -0.2) is 11.2 Å². The first-order chi connectivity index (χ1) is 6.93. The van der Waals surface area contributed by atoms with Crippen LogP contribution in [0.1, 0.15) is 53.4 Å². The Bertz CT molecular complexity index is 269. The summed E-state index contributed by atoms with van der Waals surface area (Å²) in [6, 6.07) is 0. The third-order valence-electron chi connectivity index (χ3n) is 3.42. The van der Waals surface area contributed by atoms with Crippen molar-refractivity contribution in [3.63, 3.8) is 0 Å². The summed E-state index contributed by atoms with van der Waals surface area (Å²) in [6.45, 7) is 8.72. The van der Waals surface area contributed by atoms with E-state index in [0.717, 1.165) is 6.42 Å². The minimum Gasteiger partial charge on any atom is -0.389 e. The van der Waals surface area contributed by atoms with E-state index in [1.807, 2.05) is 6.08 Å². The number of allylic oxidation sites excluding steroid dienone is 3. The van der Waals surface area contributed by atoms with Crippen molar-refractivity contribution in [2.45, 2.75) is 59.5 Å². The Hall–Kier alpha value is -0.560. The maximum atomic E-state index is 9.17. The second-order valence-corrected chi connectivity index (χ2v) is 5.37. The van der Waals surface area contributed by atoms with Crippen LogP contribution in [0.15, 0.2) is 23.3 Å². The summed E-state index contributed by atoms with van der Waals surface area (Å²) in [4.78, 5) is 0. The van der Waals surface area contributed by atoms with Crippen molar-refractivity contribution in [1.82, 2.24) is 0 Å². The van der Waals surface area contributed by atoms with Gasteiger partial charge in [-0.3, -0.25) is 0 Å². The fourth-order valence-electron chi connectivity index (χ4n) is 2.51. The Balaban J connectivity index is 2.72. The monoisotopic (exact) mass is 208 g/mol. The minimum absolute atomic E-state index is 0.322.